The second-order valence-corrected chi connectivity index (χ2v) is 8.64. The predicted molar refractivity (Wildman–Crippen MR) is 125 cm³/mol. The minimum absolute atomic E-state index is 0.240. The minimum atomic E-state index is -1.08. The van der Waals surface area contributed by atoms with Crippen LogP contribution in [-0.4, -0.2) is 30.1 Å². The zero-order chi connectivity index (χ0) is 23.1. The van der Waals surface area contributed by atoms with Gasteiger partial charge in [-0.1, -0.05) is 43.1 Å². The van der Waals surface area contributed by atoms with Crippen molar-refractivity contribution >= 4 is 57.1 Å². The third-order valence-electron chi connectivity index (χ3n) is 4.28. The molecule has 2 rings (SSSR count). The summed E-state index contributed by atoms with van der Waals surface area (Å²) < 4.78 is 11.9. The highest BCUT2D eigenvalue weighted by molar-refractivity contribution is 9.10. The van der Waals surface area contributed by atoms with Crippen LogP contribution in [0.1, 0.15) is 25.0 Å². The molecular weight excluding hydrogens is 509 g/mol. The number of carbonyl (C=O) groups excluding carboxylic acids is 1. The average Bonchev–Trinajstić information content (AvgIpc) is 2.71. The van der Waals surface area contributed by atoms with Crippen molar-refractivity contribution in [3.05, 3.63) is 62.1 Å². The van der Waals surface area contributed by atoms with Crippen LogP contribution in [0, 0.1) is 5.92 Å². The first-order valence-corrected chi connectivity index (χ1v) is 10.8. The number of amides is 1. The zero-order valence-corrected chi connectivity index (χ0v) is 20.2. The van der Waals surface area contributed by atoms with Crippen molar-refractivity contribution in [2.75, 3.05) is 7.11 Å². The molecule has 1 atom stereocenters. The Morgan fingerprint density at radius 1 is 1.19 bits per heavy atom. The van der Waals surface area contributed by atoms with E-state index in [-0.39, 0.29) is 12.5 Å². The number of methoxy groups -OCH3 is 1. The predicted octanol–water partition coefficient (Wildman–Crippen LogP) is 5.58. The Morgan fingerprint density at radius 2 is 1.90 bits per heavy atom. The second kappa shape index (κ2) is 11.4. The molecule has 2 aromatic rings. The van der Waals surface area contributed by atoms with Gasteiger partial charge in [-0.3, -0.25) is 4.79 Å². The van der Waals surface area contributed by atoms with Crippen molar-refractivity contribution in [2.45, 2.75) is 26.5 Å². The van der Waals surface area contributed by atoms with Gasteiger partial charge in [-0.05, 0) is 63.3 Å². The lowest BCUT2D eigenvalue weighted by Crippen LogP contribution is -2.43. The van der Waals surface area contributed by atoms with E-state index in [1.54, 1.807) is 44.2 Å². The monoisotopic (exact) mass is 529 g/mol. The molecule has 1 unspecified atom stereocenters. The summed E-state index contributed by atoms with van der Waals surface area (Å²) in [5, 5.41) is 12.6. The molecule has 0 aliphatic heterocycles. The van der Waals surface area contributed by atoms with Gasteiger partial charge in [0.1, 0.15) is 12.6 Å². The van der Waals surface area contributed by atoms with E-state index in [0.29, 0.717) is 31.6 Å². The number of carboxylic acid groups (broad SMARTS) is 1. The summed E-state index contributed by atoms with van der Waals surface area (Å²) in [6, 6.07) is 7.73. The van der Waals surface area contributed by atoms with Gasteiger partial charge in [0.25, 0.3) is 0 Å². The third-order valence-corrected chi connectivity index (χ3v) is 5.60. The van der Waals surface area contributed by atoms with Crippen LogP contribution in [0.4, 0.5) is 0 Å². The van der Waals surface area contributed by atoms with E-state index in [1.165, 1.54) is 13.2 Å². The van der Waals surface area contributed by atoms with Gasteiger partial charge in [0.2, 0.25) is 5.91 Å². The Labute approximate surface area is 199 Å². The summed E-state index contributed by atoms with van der Waals surface area (Å²) in [5.41, 5.74) is 1.50. The highest BCUT2D eigenvalue weighted by Crippen LogP contribution is 2.37. The van der Waals surface area contributed by atoms with Gasteiger partial charge in [0.15, 0.2) is 11.5 Å². The fourth-order valence-corrected chi connectivity index (χ4v) is 3.54. The van der Waals surface area contributed by atoms with E-state index in [9.17, 15) is 14.7 Å². The maximum Gasteiger partial charge on any atom is 0.326 e. The zero-order valence-electron chi connectivity index (χ0n) is 17.1. The van der Waals surface area contributed by atoms with E-state index < -0.39 is 17.9 Å². The Kier molecular flexibility index (Phi) is 9.22. The molecule has 2 N–H and O–H groups in total. The smallest absolute Gasteiger partial charge is 0.326 e. The largest absolute Gasteiger partial charge is 0.493 e. The van der Waals surface area contributed by atoms with Crippen LogP contribution >= 0.6 is 39.1 Å². The summed E-state index contributed by atoms with van der Waals surface area (Å²) in [4.78, 5) is 23.3. The lowest BCUT2D eigenvalue weighted by molar-refractivity contribution is -0.142. The maximum absolute atomic E-state index is 12.1. The first kappa shape index (κ1) is 25.0. The minimum Gasteiger partial charge on any atom is -0.493 e. The fraction of sp³-hybridized carbons (Fsp3) is 0.273. The van der Waals surface area contributed by atoms with E-state index in [1.807, 2.05) is 6.07 Å². The molecule has 0 spiro atoms. The van der Waals surface area contributed by atoms with Crippen molar-refractivity contribution in [3.63, 3.8) is 0 Å². The lowest BCUT2D eigenvalue weighted by Gasteiger charge is -2.16. The summed E-state index contributed by atoms with van der Waals surface area (Å²) in [5.74, 6) is -0.877. The van der Waals surface area contributed by atoms with Gasteiger partial charge < -0.3 is 19.9 Å². The number of nitrogens with one attached hydrogen (secondary N) is 1. The van der Waals surface area contributed by atoms with Crippen LogP contribution in [0.15, 0.2) is 40.9 Å². The van der Waals surface area contributed by atoms with Crippen LogP contribution in [-0.2, 0) is 16.2 Å². The first-order chi connectivity index (χ1) is 14.6. The molecule has 0 aliphatic rings. The van der Waals surface area contributed by atoms with Crippen molar-refractivity contribution < 1.29 is 24.2 Å². The quantitative estimate of drug-likeness (QED) is 0.413. The van der Waals surface area contributed by atoms with Gasteiger partial charge in [-0.2, -0.15) is 0 Å². The summed E-state index contributed by atoms with van der Waals surface area (Å²) >= 11 is 15.4. The molecule has 0 saturated heterocycles. The molecule has 166 valence electrons. The molecule has 0 bridgehead atoms. The van der Waals surface area contributed by atoms with Crippen molar-refractivity contribution in [3.8, 4) is 11.5 Å². The fourth-order valence-electron chi connectivity index (χ4n) is 2.65. The number of rotatable bonds is 9. The highest BCUT2D eigenvalue weighted by atomic mass is 79.9. The molecular formula is C22H22BrCl2NO5. The Morgan fingerprint density at radius 3 is 2.48 bits per heavy atom. The van der Waals surface area contributed by atoms with Gasteiger partial charge in [0, 0.05) is 6.08 Å². The van der Waals surface area contributed by atoms with Crippen LogP contribution in [0.3, 0.4) is 0 Å². The number of carboxylic acids is 1. The van der Waals surface area contributed by atoms with Gasteiger partial charge in [-0.25, -0.2) is 4.79 Å². The molecule has 6 nitrogen and oxygen atoms in total. The van der Waals surface area contributed by atoms with Crippen molar-refractivity contribution in [1.29, 1.82) is 0 Å². The summed E-state index contributed by atoms with van der Waals surface area (Å²) in [6.45, 7) is 3.69. The molecule has 1 amide bonds. The number of aliphatic carboxylic acids is 1. The maximum atomic E-state index is 12.1. The molecule has 9 heteroatoms. The van der Waals surface area contributed by atoms with Crippen LogP contribution < -0.4 is 14.8 Å². The number of benzene rings is 2. The average molecular weight is 531 g/mol. The first-order valence-electron chi connectivity index (χ1n) is 9.28. The summed E-state index contributed by atoms with van der Waals surface area (Å²) in [7, 11) is 1.51. The molecule has 0 radical (unpaired) electrons. The molecule has 0 saturated carbocycles. The highest BCUT2D eigenvalue weighted by Gasteiger charge is 2.22. The molecule has 31 heavy (non-hydrogen) atoms. The van der Waals surface area contributed by atoms with Gasteiger partial charge in [0.05, 0.1) is 21.6 Å². The molecule has 2 aromatic carbocycles. The SMILES string of the molecule is COc1cc(/C=C/C(=O)NC(C(=O)O)C(C)C)cc(Br)c1OCc1ccc(Cl)c(Cl)c1. The van der Waals surface area contributed by atoms with E-state index in [2.05, 4.69) is 21.2 Å². The van der Waals surface area contributed by atoms with Gasteiger partial charge >= 0.3 is 5.97 Å². The molecule has 0 aliphatic carbocycles. The van der Waals surface area contributed by atoms with Crippen LogP contribution in [0.2, 0.25) is 10.0 Å². The van der Waals surface area contributed by atoms with Crippen molar-refractivity contribution in [2.24, 2.45) is 5.92 Å². The molecule has 0 aromatic heterocycles. The Hall–Kier alpha value is -2.22. The van der Waals surface area contributed by atoms with E-state index >= 15 is 0 Å². The van der Waals surface area contributed by atoms with Crippen LogP contribution in [0.25, 0.3) is 6.08 Å². The second-order valence-electron chi connectivity index (χ2n) is 6.97. The normalized spacial score (nSPS) is 12.1. The summed E-state index contributed by atoms with van der Waals surface area (Å²) in [6.07, 6.45) is 2.83. The van der Waals surface area contributed by atoms with Crippen LogP contribution in [0.5, 0.6) is 11.5 Å². The van der Waals surface area contributed by atoms with Crippen molar-refractivity contribution in [1.82, 2.24) is 5.32 Å². The Bertz CT molecular complexity index is 994. The third kappa shape index (κ3) is 7.16. The molecule has 0 fully saturated rings. The van der Waals surface area contributed by atoms with E-state index in [4.69, 9.17) is 32.7 Å². The molecule has 0 heterocycles. The Balaban J connectivity index is 2.14. The number of hydrogen-bond acceptors (Lipinski definition) is 4. The number of ether oxygens (including phenoxy) is 2. The van der Waals surface area contributed by atoms with Gasteiger partial charge in [-0.15, -0.1) is 0 Å². The topological polar surface area (TPSA) is 84.9 Å². The number of hydrogen-bond donors (Lipinski definition) is 2. The standard InChI is InChI=1S/C22H22BrCl2NO5/c1-12(2)20(22(28)29)26-19(27)7-5-13-8-15(23)21(18(10-13)30-3)31-11-14-4-6-16(24)17(25)9-14/h4-10,12,20H,11H2,1-3H3,(H,26,27)(H,28,29)/b7-5+. The lowest BCUT2D eigenvalue weighted by atomic mass is 10.0. The number of halogens is 3. The number of carbonyl (C=O) groups is 2. The van der Waals surface area contributed by atoms with E-state index in [0.717, 1.165) is 5.56 Å².